The Morgan fingerprint density at radius 2 is 2.00 bits per heavy atom. The van der Waals surface area contributed by atoms with Gasteiger partial charge < -0.3 is 9.47 Å². The van der Waals surface area contributed by atoms with Crippen molar-refractivity contribution >= 4 is 11.9 Å². The van der Waals surface area contributed by atoms with E-state index in [2.05, 4.69) is 16.1 Å². The van der Waals surface area contributed by atoms with Crippen LogP contribution in [0.1, 0.15) is 6.92 Å². The van der Waals surface area contributed by atoms with Crippen LogP contribution in [0.2, 0.25) is 0 Å². The Labute approximate surface area is 64.8 Å². The number of carbonyl (C=O) groups is 2. The maximum atomic E-state index is 10.6. The van der Waals surface area contributed by atoms with Crippen LogP contribution < -0.4 is 0 Å². The van der Waals surface area contributed by atoms with Crippen molar-refractivity contribution in [2.75, 3.05) is 13.7 Å². The van der Waals surface area contributed by atoms with Crippen LogP contribution >= 0.6 is 0 Å². The lowest BCUT2D eigenvalue weighted by Crippen LogP contribution is -2.15. The van der Waals surface area contributed by atoms with E-state index < -0.39 is 11.9 Å². The average molecular weight is 158 g/mol. The fourth-order valence-electron chi connectivity index (χ4n) is 0.307. The molecule has 0 unspecified atom stereocenters. The molecule has 0 aromatic heterocycles. The van der Waals surface area contributed by atoms with Crippen molar-refractivity contribution in [3.8, 4) is 0 Å². The second-order valence-electron chi connectivity index (χ2n) is 1.93. The van der Waals surface area contributed by atoms with Crippen LogP contribution in [0.4, 0.5) is 0 Å². The molecule has 0 atom stereocenters. The molecule has 0 fully saturated rings. The molecule has 62 valence electrons. The third-order valence-corrected chi connectivity index (χ3v) is 0.897. The summed E-state index contributed by atoms with van der Waals surface area (Å²) in [4.78, 5) is 21.0. The van der Waals surface area contributed by atoms with Crippen LogP contribution in [0.5, 0.6) is 0 Å². The molecule has 0 aromatic rings. The first kappa shape index (κ1) is 9.68. The van der Waals surface area contributed by atoms with E-state index in [1.165, 1.54) is 14.0 Å². The molecule has 4 heteroatoms. The van der Waals surface area contributed by atoms with Crippen molar-refractivity contribution in [1.29, 1.82) is 0 Å². The average Bonchev–Trinajstić information content (AvgIpc) is 1.99. The standard InChI is InChI=1S/C7H10O4/c1-5(2)7(9)11-4-6(8)10-3/h1,4H2,2-3H3. The van der Waals surface area contributed by atoms with E-state index in [-0.39, 0.29) is 12.2 Å². The van der Waals surface area contributed by atoms with E-state index in [0.29, 0.717) is 0 Å². The molecular formula is C7H10O4. The molecule has 4 nitrogen and oxygen atoms in total. The SMILES string of the molecule is C=C(C)C(=O)OCC(=O)OC. The number of methoxy groups -OCH3 is 1. The van der Waals surface area contributed by atoms with Crippen molar-refractivity contribution in [3.05, 3.63) is 12.2 Å². The van der Waals surface area contributed by atoms with Gasteiger partial charge in [-0.3, -0.25) is 0 Å². The number of hydrogen-bond donors (Lipinski definition) is 0. The Morgan fingerprint density at radius 3 is 2.36 bits per heavy atom. The van der Waals surface area contributed by atoms with Crippen molar-refractivity contribution in [2.45, 2.75) is 6.92 Å². The summed E-state index contributed by atoms with van der Waals surface area (Å²) in [6.07, 6.45) is 0. The van der Waals surface area contributed by atoms with Gasteiger partial charge in [-0.2, -0.15) is 0 Å². The molecule has 0 heterocycles. The normalized spacial score (nSPS) is 8.55. The monoisotopic (exact) mass is 158 g/mol. The van der Waals surface area contributed by atoms with Gasteiger partial charge in [0, 0.05) is 5.57 Å². The van der Waals surface area contributed by atoms with Crippen molar-refractivity contribution in [2.24, 2.45) is 0 Å². The van der Waals surface area contributed by atoms with Crippen LogP contribution in [0.3, 0.4) is 0 Å². The highest BCUT2D eigenvalue weighted by Crippen LogP contribution is 1.91. The lowest BCUT2D eigenvalue weighted by Gasteiger charge is -2.01. The molecule has 0 amide bonds. The number of esters is 2. The van der Waals surface area contributed by atoms with Gasteiger partial charge in [0.15, 0.2) is 6.61 Å². The minimum absolute atomic E-state index is 0.258. The first-order valence-electron chi connectivity index (χ1n) is 2.97. The molecule has 0 saturated carbocycles. The summed E-state index contributed by atoms with van der Waals surface area (Å²) in [6.45, 7) is 4.47. The van der Waals surface area contributed by atoms with Gasteiger partial charge in [-0.1, -0.05) is 6.58 Å². The van der Waals surface area contributed by atoms with Crippen molar-refractivity contribution in [1.82, 2.24) is 0 Å². The van der Waals surface area contributed by atoms with Gasteiger partial charge >= 0.3 is 11.9 Å². The molecule has 0 aliphatic heterocycles. The topological polar surface area (TPSA) is 52.6 Å². The minimum Gasteiger partial charge on any atom is -0.466 e. The Kier molecular flexibility index (Phi) is 3.95. The van der Waals surface area contributed by atoms with Crippen LogP contribution in [0.25, 0.3) is 0 Å². The first-order valence-corrected chi connectivity index (χ1v) is 2.97. The molecule has 0 saturated heterocycles. The van der Waals surface area contributed by atoms with Gasteiger partial charge in [0.1, 0.15) is 0 Å². The van der Waals surface area contributed by atoms with Crippen LogP contribution in [-0.2, 0) is 19.1 Å². The maximum Gasteiger partial charge on any atom is 0.344 e. The zero-order valence-electron chi connectivity index (χ0n) is 6.55. The summed E-state index contributed by atoms with van der Waals surface area (Å²) in [5, 5.41) is 0. The minimum atomic E-state index is -0.588. The zero-order chi connectivity index (χ0) is 8.85. The zero-order valence-corrected chi connectivity index (χ0v) is 6.55. The van der Waals surface area contributed by atoms with Crippen molar-refractivity contribution < 1.29 is 19.1 Å². The van der Waals surface area contributed by atoms with E-state index in [1.54, 1.807) is 0 Å². The third kappa shape index (κ3) is 4.13. The largest absolute Gasteiger partial charge is 0.466 e. The summed E-state index contributed by atoms with van der Waals surface area (Å²) in [6, 6.07) is 0. The Morgan fingerprint density at radius 1 is 1.45 bits per heavy atom. The molecule has 0 aromatic carbocycles. The molecule has 0 aliphatic carbocycles. The van der Waals surface area contributed by atoms with Crippen LogP contribution in [0, 0.1) is 0 Å². The van der Waals surface area contributed by atoms with Crippen molar-refractivity contribution in [3.63, 3.8) is 0 Å². The summed E-state index contributed by atoms with van der Waals surface area (Å²) < 4.78 is 8.68. The molecule has 0 aliphatic rings. The highest BCUT2D eigenvalue weighted by Gasteiger charge is 2.06. The Hall–Kier alpha value is -1.32. The van der Waals surface area contributed by atoms with E-state index in [0.717, 1.165) is 0 Å². The Bertz CT molecular complexity index is 183. The highest BCUT2D eigenvalue weighted by molar-refractivity contribution is 5.88. The molecule has 0 spiro atoms. The lowest BCUT2D eigenvalue weighted by atomic mass is 10.4. The second kappa shape index (κ2) is 4.49. The summed E-state index contributed by atoms with van der Waals surface area (Å²) in [7, 11) is 1.22. The summed E-state index contributed by atoms with van der Waals surface area (Å²) >= 11 is 0. The van der Waals surface area contributed by atoms with Gasteiger partial charge in [-0.05, 0) is 6.92 Å². The smallest absolute Gasteiger partial charge is 0.344 e. The second-order valence-corrected chi connectivity index (χ2v) is 1.93. The van der Waals surface area contributed by atoms with Gasteiger partial charge in [0.2, 0.25) is 0 Å². The van der Waals surface area contributed by atoms with Crippen LogP contribution in [-0.4, -0.2) is 25.7 Å². The lowest BCUT2D eigenvalue weighted by molar-refractivity contribution is -0.154. The number of hydrogen-bond acceptors (Lipinski definition) is 4. The number of carbonyl (C=O) groups excluding carboxylic acids is 2. The van der Waals surface area contributed by atoms with Gasteiger partial charge in [0.05, 0.1) is 7.11 Å². The van der Waals surface area contributed by atoms with E-state index in [4.69, 9.17) is 0 Å². The molecular weight excluding hydrogens is 148 g/mol. The predicted molar refractivity (Wildman–Crippen MR) is 37.8 cm³/mol. The molecule has 0 radical (unpaired) electrons. The summed E-state index contributed by atoms with van der Waals surface area (Å²) in [5.74, 6) is -1.17. The van der Waals surface area contributed by atoms with E-state index in [9.17, 15) is 9.59 Å². The fraction of sp³-hybridized carbons (Fsp3) is 0.429. The molecule has 11 heavy (non-hydrogen) atoms. The van der Waals surface area contributed by atoms with Gasteiger partial charge in [-0.25, -0.2) is 9.59 Å². The first-order chi connectivity index (χ1) is 5.07. The maximum absolute atomic E-state index is 10.6. The number of rotatable bonds is 3. The van der Waals surface area contributed by atoms with Gasteiger partial charge in [0.25, 0.3) is 0 Å². The number of ether oxygens (including phenoxy) is 2. The quantitative estimate of drug-likeness (QED) is 0.437. The predicted octanol–water partition coefficient (Wildman–Crippen LogP) is 0.279. The van der Waals surface area contributed by atoms with E-state index >= 15 is 0 Å². The van der Waals surface area contributed by atoms with E-state index in [1.807, 2.05) is 0 Å². The fourth-order valence-corrected chi connectivity index (χ4v) is 0.307. The van der Waals surface area contributed by atoms with Crippen LogP contribution in [0.15, 0.2) is 12.2 Å². The summed E-state index contributed by atoms with van der Waals surface area (Å²) in [5.41, 5.74) is 0.258. The molecule has 0 rings (SSSR count). The van der Waals surface area contributed by atoms with Gasteiger partial charge in [-0.15, -0.1) is 0 Å². The molecule has 0 bridgehead atoms. The molecule has 0 N–H and O–H groups in total. The Balaban J connectivity index is 3.63. The third-order valence-electron chi connectivity index (χ3n) is 0.897. The highest BCUT2D eigenvalue weighted by atomic mass is 16.6.